The molecule has 1 N–H and O–H groups in total. The minimum absolute atomic E-state index is 0.218. The van der Waals surface area contributed by atoms with Gasteiger partial charge in [0.2, 0.25) is 0 Å². The minimum Gasteiger partial charge on any atom is -0.311 e. The van der Waals surface area contributed by atoms with Crippen LogP contribution < -0.4 is 5.32 Å². The smallest absolute Gasteiger partial charge is 0.102 e. The second-order valence-corrected chi connectivity index (χ2v) is 4.96. The Kier molecular flexibility index (Phi) is 3.80. The average molecular weight is 199 g/mol. The highest BCUT2D eigenvalue weighted by Gasteiger charge is 2.31. The van der Waals surface area contributed by atoms with Crippen LogP contribution in [0.4, 0.5) is 4.39 Å². The van der Waals surface area contributed by atoms with E-state index in [0.29, 0.717) is 12.6 Å². The first-order chi connectivity index (χ1) is 6.90. The number of fused-ring (bicyclic) bond motifs is 1. The average Bonchev–Trinajstić information content (AvgIpc) is 2.26. The highest BCUT2D eigenvalue weighted by atomic mass is 19.1. The first-order valence-corrected chi connectivity index (χ1v) is 6.19. The van der Waals surface area contributed by atoms with Gasteiger partial charge in [0.25, 0.3) is 0 Å². The van der Waals surface area contributed by atoms with Gasteiger partial charge in [0.05, 0.1) is 0 Å². The van der Waals surface area contributed by atoms with Crippen molar-refractivity contribution in [2.75, 3.05) is 13.2 Å². The zero-order valence-corrected chi connectivity index (χ0v) is 8.97. The van der Waals surface area contributed by atoms with Crippen molar-refractivity contribution in [2.24, 2.45) is 11.8 Å². The maximum absolute atomic E-state index is 12.0. The first-order valence-electron chi connectivity index (χ1n) is 6.19. The Morgan fingerprint density at radius 1 is 1.00 bits per heavy atom. The fourth-order valence-electron chi connectivity index (χ4n) is 3.32. The van der Waals surface area contributed by atoms with Gasteiger partial charge in [-0.15, -0.1) is 0 Å². The van der Waals surface area contributed by atoms with E-state index in [1.807, 2.05) is 0 Å². The Labute approximate surface area is 86.5 Å². The molecule has 2 saturated carbocycles. The summed E-state index contributed by atoms with van der Waals surface area (Å²) in [5.74, 6) is 1.96. The van der Waals surface area contributed by atoms with Gasteiger partial charge in [-0.25, -0.2) is 4.39 Å². The molecule has 0 radical (unpaired) electrons. The van der Waals surface area contributed by atoms with Crippen LogP contribution in [-0.4, -0.2) is 19.3 Å². The van der Waals surface area contributed by atoms with E-state index in [9.17, 15) is 4.39 Å². The molecule has 0 spiro atoms. The van der Waals surface area contributed by atoms with Gasteiger partial charge in [-0.2, -0.15) is 0 Å². The lowest BCUT2D eigenvalue weighted by atomic mass is 9.69. The SMILES string of the molecule is FCCNC1CCC2CCCCC2C1. The summed E-state index contributed by atoms with van der Waals surface area (Å²) in [6, 6.07) is 0.616. The summed E-state index contributed by atoms with van der Waals surface area (Å²) in [4.78, 5) is 0. The van der Waals surface area contributed by atoms with E-state index in [4.69, 9.17) is 0 Å². The van der Waals surface area contributed by atoms with Gasteiger partial charge in [-0.05, 0) is 31.1 Å². The van der Waals surface area contributed by atoms with Crippen molar-refractivity contribution in [1.29, 1.82) is 0 Å². The van der Waals surface area contributed by atoms with E-state index >= 15 is 0 Å². The van der Waals surface area contributed by atoms with Crippen LogP contribution in [0.5, 0.6) is 0 Å². The Morgan fingerprint density at radius 3 is 2.57 bits per heavy atom. The maximum atomic E-state index is 12.0. The molecular formula is C12H22FN. The zero-order valence-electron chi connectivity index (χ0n) is 8.97. The van der Waals surface area contributed by atoms with Crippen LogP contribution in [0.15, 0.2) is 0 Å². The molecule has 2 rings (SSSR count). The van der Waals surface area contributed by atoms with Crippen molar-refractivity contribution in [2.45, 2.75) is 51.0 Å². The first kappa shape index (κ1) is 10.4. The van der Waals surface area contributed by atoms with Crippen molar-refractivity contribution in [3.05, 3.63) is 0 Å². The molecular weight excluding hydrogens is 177 g/mol. The molecule has 0 aromatic carbocycles. The fraction of sp³-hybridized carbons (Fsp3) is 1.00. The normalized spacial score (nSPS) is 37.9. The summed E-state index contributed by atoms with van der Waals surface area (Å²) in [5.41, 5.74) is 0. The predicted octanol–water partition coefficient (Wildman–Crippen LogP) is 2.90. The van der Waals surface area contributed by atoms with Crippen LogP contribution in [0.3, 0.4) is 0 Å². The van der Waals surface area contributed by atoms with Crippen molar-refractivity contribution < 1.29 is 4.39 Å². The lowest BCUT2D eigenvalue weighted by molar-refractivity contribution is 0.143. The topological polar surface area (TPSA) is 12.0 Å². The lowest BCUT2D eigenvalue weighted by Gasteiger charge is -2.39. The van der Waals surface area contributed by atoms with Crippen molar-refractivity contribution in [3.63, 3.8) is 0 Å². The molecule has 0 bridgehead atoms. The van der Waals surface area contributed by atoms with Crippen molar-refractivity contribution in [3.8, 4) is 0 Å². The Morgan fingerprint density at radius 2 is 1.79 bits per heavy atom. The highest BCUT2D eigenvalue weighted by Crippen LogP contribution is 2.40. The molecule has 2 aliphatic rings. The summed E-state index contributed by atoms with van der Waals surface area (Å²) in [6.07, 6.45) is 9.74. The van der Waals surface area contributed by atoms with Gasteiger partial charge in [0.1, 0.15) is 6.67 Å². The minimum atomic E-state index is -0.218. The predicted molar refractivity (Wildman–Crippen MR) is 57.1 cm³/mol. The Hall–Kier alpha value is -0.110. The van der Waals surface area contributed by atoms with Gasteiger partial charge in [-0.3, -0.25) is 0 Å². The number of nitrogens with one attached hydrogen (secondary N) is 1. The number of alkyl halides is 1. The molecule has 0 saturated heterocycles. The van der Waals surface area contributed by atoms with Crippen LogP contribution in [0.2, 0.25) is 0 Å². The van der Waals surface area contributed by atoms with E-state index in [0.717, 1.165) is 11.8 Å². The van der Waals surface area contributed by atoms with Crippen LogP contribution >= 0.6 is 0 Å². The second kappa shape index (κ2) is 5.11. The number of halogens is 1. The van der Waals surface area contributed by atoms with Crippen LogP contribution in [0.25, 0.3) is 0 Å². The van der Waals surface area contributed by atoms with Crippen molar-refractivity contribution in [1.82, 2.24) is 5.32 Å². The van der Waals surface area contributed by atoms with E-state index in [1.165, 1.54) is 44.9 Å². The van der Waals surface area contributed by atoms with E-state index < -0.39 is 0 Å². The van der Waals surface area contributed by atoms with Crippen LogP contribution in [-0.2, 0) is 0 Å². The molecule has 0 aliphatic heterocycles. The molecule has 0 aromatic rings. The van der Waals surface area contributed by atoms with Gasteiger partial charge in [0, 0.05) is 12.6 Å². The largest absolute Gasteiger partial charge is 0.311 e. The van der Waals surface area contributed by atoms with Gasteiger partial charge < -0.3 is 5.32 Å². The second-order valence-electron chi connectivity index (χ2n) is 4.96. The van der Waals surface area contributed by atoms with E-state index in [1.54, 1.807) is 0 Å². The van der Waals surface area contributed by atoms with E-state index in [2.05, 4.69) is 5.32 Å². The molecule has 0 heterocycles. The van der Waals surface area contributed by atoms with E-state index in [-0.39, 0.29) is 6.67 Å². The number of hydrogen-bond acceptors (Lipinski definition) is 1. The number of rotatable bonds is 3. The third-order valence-corrected chi connectivity index (χ3v) is 4.07. The molecule has 0 aromatic heterocycles. The molecule has 2 aliphatic carbocycles. The maximum Gasteiger partial charge on any atom is 0.102 e. The fourth-order valence-corrected chi connectivity index (χ4v) is 3.32. The molecule has 3 atom stereocenters. The standard InChI is InChI=1S/C12H22FN/c13-7-8-14-12-6-5-10-3-1-2-4-11(10)9-12/h10-12,14H,1-9H2. The molecule has 2 fully saturated rings. The third kappa shape index (κ3) is 2.47. The summed E-state index contributed by atoms with van der Waals surface area (Å²) in [7, 11) is 0. The van der Waals surface area contributed by atoms with Crippen molar-refractivity contribution >= 4 is 0 Å². The van der Waals surface area contributed by atoms with Gasteiger partial charge in [0.15, 0.2) is 0 Å². The quantitative estimate of drug-likeness (QED) is 0.737. The zero-order chi connectivity index (χ0) is 9.80. The molecule has 3 unspecified atom stereocenters. The summed E-state index contributed by atoms with van der Waals surface area (Å²) < 4.78 is 12.0. The van der Waals surface area contributed by atoms with Gasteiger partial charge in [-0.1, -0.05) is 25.7 Å². The lowest BCUT2D eigenvalue weighted by Crippen LogP contribution is -2.39. The van der Waals surface area contributed by atoms with Crippen LogP contribution in [0, 0.1) is 11.8 Å². The monoisotopic (exact) mass is 199 g/mol. The third-order valence-electron chi connectivity index (χ3n) is 4.07. The molecule has 0 amide bonds. The molecule has 14 heavy (non-hydrogen) atoms. The molecule has 1 nitrogen and oxygen atoms in total. The molecule has 2 heteroatoms. The summed E-state index contributed by atoms with van der Waals surface area (Å²) in [5, 5.41) is 3.33. The summed E-state index contributed by atoms with van der Waals surface area (Å²) >= 11 is 0. The van der Waals surface area contributed by atoms with Gasteiger partial charge >= 0.3 is 0 Å². The molecule has 82 valence electrons. The highest BCUT2D eigenvalue weighted by molar-refractivity contribution is 4.85. The summed E-state index contributed by atoms with van der Waals surface area (Å²) in [6.45, 7) is 0.340. The number of hydrogen-bond donors (Lipinski definition) is 1. The van der Waals surface area contributed by atoms with Crippen LogP contribution in [0.1, 0.15) is 44.9 Å². The Bertz CT molecular complexity index is 172. The Balaban J connectivity index is 1.77.